The minimum absolute atomic E-state index is 0.0918. The van der Waals surface area contributed by atoms with E-state index in [0.29, 0.717) is 35.6 Å². The van der Waals surface area contributed by atoms with E-state index in [1.807, 2.05) is 70.8 Å². The molecule has 3 aromatic carbocycles. The van der Waals surface area contributed by atoms with Crippen LogP contribution in [0.15, 0.2) is 95.2 Å². The first kappa shape index (κ1) is 23.5. The summed E-state index contributed by atoms with van der Waals surface area (Å²) < 4.78 is 10.1. The van der Waals surface area contributed by atoms with E-state index in [-0.39, 0.29) is 11.7 Å². The van der Waals surface area contributed by atoms with Crippen LogP contribution in [0.2, 0.25) is 0 Å². The second-order valence-electron chi connectivity index (χ2n) is 8.63. The number of halogens is 1. The number of aromatic hydroxyl groups is 1. The number of allylic oxidation sites excluding steroid dienone is 1. The molecule has 0 saturated carbocycles. The molecule has 3 aromatic rings. The van der Waals surface area contributed by atoms with Crippen LogP contribution in [0.5, 0.6) is 17.2 Å². The van der Waals surface area contributed by atoms with E-state index < -0.39 is 26.9 Å². The van der Waals surface area contributed by atoms with Gasteiger partial charge in [0.25, 0.3) is 0 Å². The molecule has 182 valence electrons. The summed E-state index contributed by atoms with van der Waals surface area (Å²) >= 11 is -0.494. The first-order valence-corrected chi connectivity index (χ1v) is 14.0. The van der Waals surface area contributed by atoms with Gasteiger partial charge in [0.2, 0.25) is 5.91 Å². The molecule has 7 nitrogen and oxygen atoms in total. The monoisotopic (exact) mass is 600 g/mol. The van der Waals surface area contributed by atoms with Gasteiger partial charge in [-0.25, -0.2) is 0 Å². The van der Waals surface area contributed by atoms with Gasteiger partial charge in [-0.05, 0) is 33.7 Å². The minimum Gasteiger partial charge on any atom is -0.507 e. The quantitative estimate of drug-likeness (QED) is 0.178. The zero-order valence-electron chi connectivity index (χ0n) is 19.7. The molecule has 0 spiro atoms. The molecule has 6 rings (SSSR count). The van der Waals surface area contributed by atoms with Gasteiger partial charge in [-0.3, -0.25) is 12.9 Å². The number of phenols is 1. The van der Waals surface area contributed by atoms with E-state index in [1.54, 1.807) is 12.1 Å². The topological polar surface area (TPSA) is 86.2 Å². The van der Waals surface area contributed by atoms with Crippen LogP contribution in [-0.2, 0) is 4.79 Å². The molecule has 0 bridgehead atoms. The molecule has 3 N–H and O–H groups in total. The Labute approximate surface area is 226 Å². The molecule has 0 atom stereocenters. The largest absolute Gasteiger partial charge is 0.507 e. The van der Waals surface area contributed by atoms with Crippen molar-refractivity contribution in [1.82, 2.24) is 13.7 Å². The molecule has 3 aliphatic rings. The van der Waals surface area contributed by atoms with Crippen molar-refractivity contribution in [2.75, 3.05) is 13.1 Å². The molecular formula is C28H22BIN4O3. The number of para-hydroxylation sites is 3. The summed E-state index contributed by atoms with van der Waals surface area (Å²) in [6, 6.07) is 22.4. The third-order valence-corrected chi connectivity index (χ3v) is 8.77. The summed E-state index contributed by atoms with van der Waals surface area (Å²) in [5, 5.41) is 16.8. The molecule has 0 unspecified atom stereocenters. The number of amidine groups is 1. The van der Waals surface area contributed by atoms with Crippen molar-refractivity contribution >= 4 is 50.3 Å². The number of aliphatic imine (C=N–C) groups is 1. The van der Waals surface area contributed by atoms with E-state index >= 15 is 0 Å². The molecular weight excluding hydrogens is 578 g/mol. The molecule has 1 amide bonds. The van der Waals surface area contributed by atoms with Crippen molar-refractivity contribution in [2.24, 2.45) is 4.99 Å². The van der Waals surface area contributed by atoms with Crippen LogP contribution in [-0.4, -0.2) is 44.9 Å². The molecule has 0 fully saturated rings. The second kappa shape index (κ2) is 9.89. The maximum Gasteiger partial charge on any atom is 0.232 e. The number of carbonyl (C=O) groups is 1. The zero-order valence-corrected chi connectivity index (χ0v) is 21.8. The van der Waals surface area contributed by atoms with Crippen molar-refractivity contribution in [3.05, 3.63) is 107 Å². The molecule has 0 aromatic heterocycles. The summed E-state index contributed by atoms with van der Waals surface area (Å²) in [5.41, 5.74) is 3.77. The molecule has 0 saturated heterocycles. The maximum absolute atomic E-state index is 13.4. The van der Waals surface area contributed by atoms with Gasteiger partial charge in [0, 0.05) is 50.3 Å². The van der Waals surface area contributed by atoms with E-state index in [2.05, 4.69) is 13.7 Å². The van der Waals surface area contributed by atoms with Crippen LogP contribution in [0.4, 0.5) is 0 Å². The van der Waals surface area contributed by atoms with Crippen LogP contribution >= 0.6 is 21.0 Å². The van der Waals surface area contributed by atoms with Gasteiger partial charge >= 0.3 is 0 Å². The Morgan fingerprint density at radius 3 is 2.46 bits per heavy atom. The smallest absolute Gasteiger partial charge is 0.232 e. The average Bonchev–Trinajstić information content (AvgIpc) is 3.30. The van der Waals surface area contributed by atoms with Crippen molar-refractivity contribution < 1.29 is 14.6 Å². The fraction of sp³-hybridized carbons (Fsp3) is 0.107. The standard InChI is InChI=1S/C28H22BIN4O3/c29-20-16-30-34-25(15-21(33-27(20)34)17-7-1-4-10-22(17)35)31-13-14-32-28(36)26-18-8-2-5-11-23(18)37-24-12-6-3-9-19(24)26/h1-12,15-16,26,33,35H,13-14H2,(H,32,36). The van der Waals surface area contributed by atoms with Crippen molar-refractivity contribution in [1.29, 1.82) is 0 Å². The van der Waals surface area contributed by atoms with Crippen LogP contribution in [0.3, 0.4) is 0 Å². The van der Waals surface area contributed by atoms with Crippen LogP contribution < -0.4 is 15.4 Å². The number of carbonyl (C=O) groups excluding carboxylic acids is 1. The predicted molar refractivity (Wildman–Crippen MR) is 154 cm³/mol. The number of phenolic OH excluding ortho intramolecular Hbond substituents is 1. The lowest BCUT2D eigenvalue weighted by molar-refractivity contribution is -0.121. The number of hydrogen-bond donors (Lipinski definition) is 3. The highest BCUT2D eigenvalue weighted by Gasteiger charge is 2.32. The van der Waals surface area contributed by atoms with Gasteiger partial charge in [0.05, 0.1) is 18.2 Å². The van der Waals surface area contributed by atoms with Gasteiger partial charge in [-0.1, -0.05) is 48.5 Å². The van der Waals surface area contributed by atoms with Crippen LogP contribution in [0.25, 0.3) is 5.70 Å². The van der Waals surface area contributed by atoms with Gasteiger partial charge in [0.1, 0.15) is 36.8 Å². The summed E-state index contributed by atoms with van der Waals surface area (Å²) in [5.74, 6) is 2.57. The summed E-state index contributed by atoms with van der Waals surface area (Å²) in [4.78, 5) is 18.2. The third-order valence-electron chi connectivity index (χ3n) is 6.28. The Hall–Kier alpha value is -3.86. The Balaban J connectivity index is 1.21. The Morgan fingerprint density at radius 1 is 1.05 bits per heavy atom. The molecule has 2 radical (unpaired) electrons. The number of amides is 1. The molecule has 3 aliphatic heterocycles. The van der Waals surface area contributed by atoms with E-state index in [0.717, 1.165) is 28.5 Å². The van der Waals surface area contributed by atoms with E-state index in [1.165, 1.54) is 0 Å². The van der Waals surface area contributed by atoms with Crippen LogP contribution in [0.1, 0.15) is 22.6 Å². The maximum atomic E-state index is 13.4. The lowest BCUT2D eigenvalue weighted by Gasteiger charge is -2.29. The van der Waals surface area contributed by atoms with Gasteiger partial charge in [0.15, 0.2) is 0 Å². The lowest BCUT2D eigenvalue weighted by atomic mass is 9.87. The highest BCUT2D eigenvalue weighted by molar-refractivity contribution is 14.2. The van der Waals surface area contributed by atoms with Crippen molar-refractivity contribution in [3.63, 3.8) is 0 Å². The fourth-order valence-electron chi connectivity index (χ4n) is 4.55. The zero-order chi connectivity index (χ0) is 25.4. The average molecular weight is 600 g/mol. The third kappa shape index (κ3) is 4.44. The van der Waals surface area contributed by atoms with Crippen molar-refractivity contribution in [2.45, 2.75) is 5.92 Å². The number of nitrogens with zero attached hydrogens (tertiary/aromatic N) is 2. The number of fused-ring (bicyclic) bond motifs is 3. The van der Waals surface area contributed by atoms with Gasteiger partial charge in [-0.2, -0.15) is 0 Å². The Morgan fingerprint density at radius 2 is 1.73 bits per heavy atom. The Kier molecular flexibility index (Phi) is 6.29. The fourth-order valence-corrected chi connectivity index (χ4v) is 6.68. The first-order chi connectivity index (χ1) is 18.1. The van der Waals surface area contributed by atoms with Crippen molar-refractivity contribution in [3.8, 4) is 17.2 Å². The molecule has 3 heterocycles. The summed E-state index contributed by atoms with van der Waals surface area (Å²) in [6.07, 6.45) is 1.91. The van der Waals surface area contributed by atoms with E-state index in [9.17, 15) is 9.90 Å². The highest BCUT2D eigenvalue weighted by Crippen LogP contribution is 2.43. The normalized spacial score (nSPS) is 17.1. The first-order valence-electron chi connectivity index (χ1n) is 11.8. The predicted octanol–water partition coefficient (Wildman–Crippen LogP) is 4.13. The number of hydrogen-bond acceptors (Lipinski definition) is 5. The van der Waals surface area contributed by atoms with E-state index in [4.69, 9.17) is 17.6 Å². The van der Waals surface area contributed by atoms with Gasteiger partial charge < -0.3 is 20.5 Å². The minimum atomic E-state index is -0.494. The molecule has 37 heavy (non-hydrogen) atoms. The Bertz CT molecular complexity index is 1490. The number of nitrogens with one attached hydrogen (secondary N) is 2. The summed E-state index contributed by atoms with van der Waals surface area (Å²) in [7, 11) is 6.22. The number of rotatable bonds is 5. The highest BCUT2D eigenvalue weighted by atomic mass is 127. The van der Waals surface area contributed by atoms with Gasteiger partial charge in [-0.15, -0.1) is 0 Å². The SMILES string of the molecule is [B]C1=C2NC(c3ccccc3O)=CC(=NCCNC(=O)C3c4ccccc4Oc4ccccc43)N2I=C1. The lowest BCUT2D eigenvalue weighted by Crippen LogP contribution is -2.35. The number of ether oxygens (including phenoxy) is 1. The molecule has 0 aliphatic carbocycles. The molecule has 9 heteroatoms. The number of benzene rings is 3. The van der Waals surface area contributed by atoms with Crippen LogP contribution in [0, 0.1) is 0 Å². The second-order valence-corrected chi connectivity index (χ2v) is 10.8. The summed E-state index contributed by atoms with van der Waals surface area (Å²) in [6.45, 7) is 0.771.